The summed E-state index contributed by atoms with van der Waals surface area (Å²) in [4.78, 5) is 30.8. The molecule has 0 bridgehead atoms. The number of hydrogen-bond donors (Lipinski definition) is 1. The number of aromatic nitrogens is 3. The minimum absolute atomic E-state index is 0.193. The second-order valence-electron chi connectivity index (χ2n) is 7.87. The minimum Gasteiger partial charge on any atom is -0.465 e. The lowest BCUT2D eigenvalue weighted by atomic mass is 10.0. The van der Waals surface area contributed by atoms with Gasteiger partial charge in [0.05, 0.1) is 17.2 Å². The van der Waals surface area contributed by atoms with Crippen LogP contribution in [-0.2, 0) is 0 Å². The standard InChI is InChI=1S/C24H22N4O3/c1-16-14-18(17-6-3-2-4-7-17)9-10-20(16)28-21-8-5-12-25-22(21)27(23(28)29)19-11-13-26(15-19)24(30)31/h2-10,12,14,19H,11,13,15H2,1H3,(H,30,31)/t19-/m1/s1. The molecule has 2 aromatic carbocycles. The molecule has 0 spiro atoms. The van der Waals surface area contributed by atoms with E-state index in [2.05, 4.69) is 23.2 Å². The molecule has 0 aliphatic carbocycles. The van der Waals surface area contributed by atoms with Gasteiger partial charge in [-0.1, -0.05) is 36.4 Å². The van der Waals surface area contributed by atoms with Crippen LogP contribution in [0.3, 0.4) is 0 Å². The Labute approximate surface area is 178 Å². The third kappa shape index (κ3) is 3.18. The van der Waals surface area contributed by atoms with E-state index < -0.39 is 6.09 Å². The smallest absolute Gasteiger partial charge is 0.407 e. The first-order chi connectivity index (χ1) is 15.0. The van der Waals surface area contributed by atoms with Crippen LogP contribution in [0.4, 0.5) is 4.79 Å². The Hall–Kier alpha value is -3.87. The van der Waals surface area contributed by atoms with Crippen molar-refractivity contribution >= 4 is 17.3 Å². The highest BCUT2D eigenvalue weighted by Crippen LogP contribution is 2.28. The molecule has 2 aromatic heterocycles. The Kier molecular flexibility index (Phi) is 4.58. The first kappa shape index (κ1) is 19.1. The third-order valence-corrected chi connectivity index (χ3v) is 5.98. The quantitative estimate of drug-likeness (QED) is 0.548. The van der Waals surface area contributed by atoms with Gasteiger partial charge in [0.15, 0.2) is 5.65 Å². The monoisotopic (exact) mass is 414 g/mol. The number of nitrogens with zero attached hydrogens (tertiary/aromatic N) is 4. The van der Waals surface area contributed by atoms with Gasteiger partial charge in [-0.25, -0.2) is 14.6 Å². The van der Waals surface area contributed by atoms with E-state index in [1.807, 2.05) is 49.4 Å². The number of carboxylic acid groups (broad SMARTS) is 1. The summed E-state index contributed by atoms with van der Waals surface area (Å²) in [5, 5.41) is 9.32. The number of pyridine rings is 1. The lowest BCUT2D eigenvalue weighted by molar-refractivity contribution is 0.154. The molecule has 1 atom stereocenters. The highest BCUT2D eigenvalue weighted by atomic mass is 16.4. The van der Waals surface area contributed by atoms with E-state index in [9.17, 15) is 14.7 Å². The van der Waals surface area contributed by atoms with Crippen LogP contribution in [0, 0.1) is 6.92 Å². The maximum Gasteiger partial charge on any atom is 0.407 e. The number of likely N-dealkylation sites (tertiary alicyclic amines) is 1. The number of carbonyl (C=O) groups is 1. The second kappa shape index (κ2) is 7.43. The summed E-state index contributed by atoms with van der Waals surface area (Å²) >= 11 is 0. The molecule has 1 fully saturated rings. The lowest BCUT2D eigenvalue weighted by Crippen LogP contribution is -2.31. The molecule has 1 N–H and O–H groups in total. The molecule has 156 valence electrons. The van der Waals surface area contributed by atoms with E-state index in [1.165, 1.54) is 4.90 Å². The number of hydrogen-bond acceptors (Lipinski definition) is 3. The number of benzene rings is 2. The average molecular weight is 414 g/mol. The van der Waals surface area contributed by atoms with Gasteiger partial charge < -0.3 is 10.0 Å². The molecule has 0 unspecified atom stereocenters. The van der Waals surface area contributed by atoms with Crippen molar-refractivity contribution in [2.45, 2.75) is 19.4 Å². The fraction of sp³-hybridized carbons (Fsp3) is 0.208. The van der Waals surface area contributed by atoms with Crippen molar-refractivity contribution in [2.24, 2.45) is 0 Å². The van der Waals surface area contributed by atoms with Crippen LogP contribution >= 0.6 is 0 Å². The van der Waals surface area contributed by atoms with Gasteiger partial charge in [0.2, 0.25) is 0 Å². The maximum atomic E-state index is 13.6. The normalized spacial score (nSPS) is 16.2. The highest BCUT2D eigenvalue weighted by molar-refractivity contribution is 5.76. The van der Waals surface area contributed by atoms with Gasteiger partial charge in [-0.05, 0) is 54.3 Å². The van der Waals surface area contributed by atoms with Crippen LogP contribution in [0.1, 0.15) is 18.0 Å². The molecule has 0 saturated carbocycles. The van der Waals surface area contributed by atoms with E-state index in [0.717, 1.165) is 27.9 Å². The van der Waals surface area contributed by atoms with Gasteiger partial charge in [0, 0.05) is 19.3 Å². The Morgan fingerprint density at radius 3 is 2.58 bits per heavy atom. The van der Waals surface area contributed by atoms with Crippen LogP contribution in [0.5, 0.6) is 0 Å². The summed E-state index contributed by atoms with van der Waals surface area (Å²) in [5.41, 5.74) is 5.09. The van der Waals surface area contributed by atoms with E-state index in [0.29, 0.717) is 18.6 Å². The molecule has 7 heteroatoms. The van der Waals surface area contributed by atoms with Crippen molar-refractivity contribution < 1.29 is 9.90 Å². The summed E-state index contributed by atoms with van der Waals surface area (Å²) < 4.78 is 3.35. The topological polar surface area (TPSA) is 80.4 Å². The molecule has 0 radical (unpaired) electrons. The van der Waals surface area contributed by atoms with E-state index in [4.69, 9.17) is 0 Å². The van der Waals surface area contributed by atoms with Crippen LogP contribution in [-0.4, -0.2) is 43.3 Å². The Morgan fingerprint density at radius 1 is 1.06 bits per heavy atom. The summed E-state index contributed by atoms with van der Waals surface area (Å²) in [6, 6.07) is 19.7. The van der Waals surface area contributed by atoms with Crippen LogP contribution in [0.15, 0.2) is 71.7 Å². The lowest BCUT2D eigenvalue weighted by Gasteiger charge is -2.13. The summed E-state index contributed by atoms with van der Waals surface area (Å²) in [7, 11) is 0. The molecule has 1 amide bonds. The number of aryl methyl sites for hydroxylation is 1. The zero-order chi connectivity index (χ0) is 21.5. The molecule has 1 saturated heterocycles. The Balaban J connectivity index is 1.64. The molecule has 7 nitrogen and oxygen atoms in total. The molecule has 1 aliphatic heterocycles. The fourth-order valence-corrected chi connectivity index (χ4v) is 4.45. The SMILES string of the molecule is Cc1cc(-c2ccccc2)ccc1-n1c(=O)n([C@@H]2CCN(C(=O)O)C2)c2ncccc21. The van der Waals surface area contributed by atoms with Gasteiger partial charge in [0.1, 0.15) is 0 Å². The maximum absolute atomic E-state index is 13.6. The average Bonchev–Trinajstić information content (AvgIpc) is 3.37. The predicted molar refractivity (Wildman–Crippen MR) is 119 cm³/mol. The van der Waals surface area contributed by atoms with Crippen molar-refractivity contribution in [3.63, 3.8) is 0 Å². The molecular formula is C24H22N4O3. The zero-order valence-corrected chi connectivity index (χ0v) is 17.1. The molecule has 5 rings (SSSR count). The van der Waals surface area contributed by atoms with Crippen molar-refractivity contribution in [1.29, 1.82) is 0 Å². The van der Waals surface area contributed by atoms with Gasteiger partial charge in [-0.2, -0.15) is 0 Å². The molecule has 31 heavy (non-hydrogen) atoms. The van der Waals surface area contributed by atoms with Crippen molar-refractivity contribution in [3.05, 3.63) is 82.9 Å². The van der Waals surface area contributed by atoms with Crippen LogP contribution in [0.25, 0.3) is 28.0 Å². The van der Waals surface area contributed by atoms with Gasteiger partial charge >= 0.3 is 11.8 Å². The Morgan fingerprint density at radius 2 is 1.87 bits per heavy atom. The van der Waals surface area contributed by atoms with Gasteiger partial charge in [0.25, 0.3) is 0 Å². The molecule has 3 heterocycles. The van der Waals surface area contributed by atoms with E-state index in [1.54, 1.807) is 15.3 Å². The first-order valence-corrected chi connectivity index (χ1v) is 10.3. The van der Waals surface area contributed by atoms with Crippen molar-refractivity contribution in [1.82, 2.24) is 19.0 Å². The van der Waals surface area contributed by atoms with Crippen molar-refractivity contribution in [3.8, 4) is 16.8 Å². The second-order valence-corrected chi connectivity index (χ2v) is 7.87. The summed E-state index contributed by atoms with van der Waals surface area (Å²) in [6.07, 6.45) is 1.30. The number of amides is 1. The third-order valence-electron chi connectivity index (χ3n) is 5.98. The minimum atomic E-state index is -0.959. The first-order valence-electron chi connectivity index (χ1n) is 10.3. The molecular weight excluding hydrogens is 392 g/mol. The number of imidazole rings is 1. The highest BCUT2D eigenvalue weighted by Gasteiger charge is 2.31. The van der Waals surface area contributed by atoms with Crippen LogP contribution in [0.2, 0.25) is 0 Å². The Bertz CT molecular complexity index is 1340. The molecule has 4 aromatic rings. The summed E-state index contributed by atoms with van der Waals surface area (Å²) in [5.74, 6) is 0. The molecule has 1 aliphatic rings. The van der Waals surface area contributed by atoms with Crippen molar-refractivity contribution in [2.75, 3.05) is 13.1 Å². The summed E-state index contributed by atoms with van der Waals surface area (Å²) in [6.45, 7) is 2.70. The van der Waals surface area contributed by atoms with E-state index >= 15 is 0 Å². The fourth-order valence-electron chi connectivity index (χ4n) is 4.45. The zero-order valence-electron chi connectivity index (χ0n) is 17.1. The predicted octanol–water partition coefficient (Wildman–Crippen LogP) is 4.09. The van der Waals surface area contributed by atoms with Gasteiger partial charge in [-0.15, -0.1) is 0 Å². The number of rotatable bonds is 3. The largest absolute Gasteiger partial charge is 0.465 e. The van der Waals surface area contributed by atoms with E-state index in [-0.39, 0.29) is 18.3 Å². The van der Waals surface area contributed by atoms with Crippen LogP contribution < -0.4 is 5.69 Å². The number of fused-ring (bicyclic) bond motifs is 1. The van der Waals surface area contributed by atoms with Gasteiger partial charge in [-0.3, -0.25) is 9.13 Å².